The average molecular weight is 456 g/mol. The zero-order chi connectivity index (χ0) is 22.9. The highest BCUT2D eigenvalue weighted by Crippen LogP contribution is 2.38. The lowest BCUT2D eigenvalue weighted by Gasteiger charge is -2.38. The number of halogens is 1. The van der Waals surface area contributed by atoms with E-state index in [1.807, 2.05) is 0 Å². The summed E-state index contributed by atoms with van der Waals surface area (Å²) in [6.07, 6.45) is 4.18. The van der Waals surface area contributed by atoms with Crippen LogP contribution < -0.4 is 20.3 Å². The van der Waals surface area contributed by atoms with E-state index in [2.05, 4.69) is 10.6 Å². The van der Waals surface area contributed by atoms with Crippen LogP contribution in [-0.2, 0) is 9.59 Å². The second kappa shape index (κ2) is 8.82. The molecule has 168 valence electrons. The minimum atomic E-state index is -1.14. The molecule has 3 amide bonds. The number of nitrogens with one attached hydrogen (secondary N) is 2. The van der Waals surface area contributed by atoms with Gasteiger partial charge in [-0.05, 0) is 69.2 Å². The van der Waals surface area contributed by atoms with Gasteiger partial charge in [-0.15, -0.1) is 0 Å². The van der Waals surface area contributed by atoms with E-state index in [9.17, 15) is 14.4 Å². The number of hydrogen-bond donors (Lipinski definition) is 2. The zero-order valence-corrected chi connectivity index (χ0v) is 18.9. The summed E-state index contributed by atoms with van der Waals surface area (Å²) >= 11 is 5.89. The van der Waals surface area contributed by atoms with Crippen LogP contribution in [0, 0.1) is 0 Å². The number of nitrogens with zero attached hydrogens (tertiary/aromatic N) is 1. The van der Waals surface area contributed by atoms with E-state index in [4.69, 9.17) is 16.3 Å². The van der Waals surface area contributed by atoms with Crippen LogP contribution in [0.5, 0.6) is 5.75 Å². The first kappa shape index (κ1) is 22.1. The molecule has 0 spiro atoms. The molecule has 1 aliphatic heterocycles. The molecule has 0 saturated heterocycles. The molecule has 8 heteroatoms. The number of hydrogen-bond acceptors (Lipinski definition) is 4. The van der Waals surface area contributed by atoms with Crippen molar-refractivity contribution in [3.63, 3.8) is 0 Å². The Hall–Kier alpha value is -3.06. The molecule has 32 heavy (non-hydrogen) atoms. The van der Waals surface area contributed by atoms with Gasteiger partial charge >= 0.3 is 0 Å². The number of carbonyl (C=O) groups is 3. The van der Waals surface area contributed by atoms with Gasteiger partial charge in [0.15, 0.2) is 5.60 Å². The van der Waals surface area contributed by atoms with Gasteiger partial charge in [-0.2, -0.15) is 0 Å². The summed E-state index contributed by atoms with van der Waals surface area (Å²) in [5.41, 5.74) is 0.264. The fourth-order valence-corrected chi connectivity index (χ4v) is 4.21. The van der Waals surface area contributed by atoms with Gasteiger partial charge in [-0.3, -0.25) is 19.3 Å². The molecule has 1 fully saturated rings. The van der Waals surface area contributed by atoms with Gasteiger partial charge in [0.25, 0.3) is 11.8 Å². The summed E-state index contributed by atoms with van der Waals surface area (Å²) in [6.45, 7) is 3.10. The summed E-state index contributed by atoms with van der Waals surface area (Å²) in [5.74, 6) is -0.469. The third-order valence-electron chi connectivity index (χ3n) is 5.76. The van der Waals surface area contributed by atoms with Crippen LogP contribution in [0.2, 0.25) is 5.02 Å². The molecular weight excluding hydrogens is 430 g/mol. The van der Waals surface area contributed by atoms with Crippen molar-refractivity contribution in [2.45, 2.75) is 51.2 Å². The van der Waals surface area contributed by atoms with E-state index < -0.39 is 5.60 Å². The fraction of sp³-hybridized carbons (Fsp3) is 0.375. The number of ether oxygens (including phenoxy) is 1. The predicted molar refractivity (Wildman–Crippen MR) is 123 cm³/mol. The van der Waals surface area contributed by atoms with Crippen molar-refractivity contribution in [1.82, 2.24) is 5.32 Å². The number of carbonyl (C=O) groups excluding carboxylic acids is 3. The maximum absolute atomic E-state index is 13.1. The van der Waals surface area contributed by atoms with Crippen LogP contribution in [0.1, 0.15) is 49.9 Å². The van der Waals surface area contributed by atoms with Gasteiger partial charge in [0, 0.05) is 22.3 Å². The molecule has 7 nitrogen and oxygen atoms in total. The van der Waals surface area contributed by atoms with Gasteiger partial charge in [-0.1, -0.05) is 24.4 Å². The normalized spacial score (nSPS) is 17.5. The highest BCUT2D eigenvalue weighted by Gasteiger charge is 2.42. The van der Waals surface area contributed by atoms with E-state index >= 15 is 0 Å². The lowest BCUT2D eigenvalue weighted by atomic mass is 10.0. The molecule has 2 aromatic rings. The van der Waals surface area contributed by atoms with Gasteiger partial charge < -0.3 is 15.4 Å². The van der Waals surface area contributed by atoms with Crippen molar-refractivity contribution in [2.24, 2.45) is 0 Å². The Bertz CT molecular complexity index is 1050. The highest BCUT2D eigenvalue weighted by molar-refractivity contribution is 6.30. The topological polar surface area (TPSA) is 87.7 Å². The molecule has 0 unspecified atom stereocenters. The first-order chi connectivity index (χ1) is 15.2. The van der Waals surface area contributed by atoms with Crippen LogP contribution in [0.15, 0.2) is 42.5 Å². The molecule has 4 rings (SSSR count). The maximum atomic E-state index is 13.1. The van der Waals surface area contributed by atoms with E-state index in [0.29, 0.717) is 27.7 Å². The van der Waals surface area contributed by atoms with Gasteiger partial charge in [0.05, 0.1) is 5.69 Å². The quantitative estimate of drug-likeness (QED) is 0.708. The number of fused-ring (bicyclic) bond motifs is 1. The number of rotatable bonds is 5. The minimum Gasteiger partial charge on any atom is -0.476 e. The average Bonchev–Trinajstić information content (AvgIpc) is 3.25. The molecule has 2 aliphatic rings. The lowest BCUT2D eigenvalue weighted by molar-refractivity contribution is -0.133. The highest BCUT2D eigenvalue weighted by atomic mass is 35.5. The largest absolute Gasteiger partial charge is 0.476 e. The smallest absolute Gasteiger partial charge is 0.271 e. The summed E-state index contributed by atoms with van der Waals surface area (Å²) in [4.78, 5) is 39.9. The van der Waals surface area contributed by atoms with E-state index in [-0.39, 0.29) is 30.3 Å². The van der Waals surface area contributed by atoms with Gasteiger partial charge in [0.2, 0.25) is 5.91 Å². The first-order valence-corrected chi connectivity index (χ1v) is 11.1. The molecule has 0 atom stereocenters. The number of benzene rings is 2. The zero-order valence-electron chi connectivity index (χ0n) is 18.1. The Morgan fingerprint density at radius 1 is 1.12 bits per heavy atom. The van der Waals surface area contributed by atoms with Crippen molar-refractivity contribution >= 4 is 40.7 Å². The molecule has 0 bridgehead atoms. The fourth-order valence-electron chi connectivity index (χ4n) is 4.08. The van der Waals surface area contributed by atoms with E-state index in [1.165, 1.54) is 4.90 Å². The van der Waals surface area contributed by atoms with Crippen LogP contribution in [0.4, 0.5) is 11.4 Å². The van der Waals surface area contributed by atoms with Crippen molar-refractivity contribution in [3.05, 3.63) is 53.1 Å². The molecule has 2 N–H and O–H groups in total. The van der Waals surface area contributed by atoms with Gasteiger partial charge in [-0.25, -0.2) is 0 Å². The first-order valence-electron chi connectivity index (χ1n) is 10.7. The third-order valence-corrected chi connectivity index (χ3v) is 6.01. The molecular formula is C24H26ClN3O4. The molecule has 0 radical (unpaired) electrons. The predicted octanol–water partition coefficient (Wildman–Crippen LogP) is 4.16. The Balaban J connectivity index is 1.57. The van der Waals surface area contributed by atoms with Crippen LogP contribution >= 0.6 is 11.6 Å². The standard InChI is InChI=1S/C24H26ClN3O4/c1-24(2)23(31)28(14-21(29)26-18-10-8-16(25)9-11-18)19-13-15(7-12-20(19)32-24)22(30)27-17-5-3-4-6-17/h7-13,17H,3-6,14H2,1-2H3,(H,26,29)(H,27,30). The Morgan fingerprint density at radius 3 is 2.50 bits per heavy atom. The Labute approximate surface area is 192 Å². The Morgan fingerprint density at radius 2 is 1.81 bits per heavy atom. The van der Waals surface area contributed by atoms with Crippen molar-refractivity contribution in [1.29, 1.82) is 0 Å². The summed E-state index contributed by atoms with van der Waals surface area (Å²) < 4.78 is 5.87. The molecule has 1 heterocycles. The van der Waals surface area contributed by atoms with Crippen molar-refractivity contribution in [3.8, 4) is 5.75 Å². The van der Waals surface area contributed by atoms with Gasteiger partial charge in [0.1, 0.15) is 12.3 Å². The Kier molecular flexibility index (Phi) is 6.11. The number of anilines is 2. The maximum Gasteiger partial charge on any atom is 0.271 e. The van der Waals surface area contributed by atoms with Crippen molar-refractivity contribution in [2.75, 3.05) is 16.8 Å². The lowest BCUT2D eigenvalue weighted by Crippen LogP contribution is -2.54. The summed E-state index contributed by atoms with van der Waals surface area (Å²) in [7, 11) is 0. The molecule has 1 aliphatic carbocycles. The monoisotopic (exact) mass is 455 g/mol. The minimum absolute atomic E-state index is 0.177. The summed E-state index contributed by atoms with van der Waals surface area (Å²) in [6, 6.07) is 11.9. The van der Waals surface area contributed by atoms with Crippen molar-refractivity contribution < 1.29 is 19.1 Å². The molecule has 0 aromatic heterocycles. The SMILES string of the molecule is CC1(C)Oc2ccc(C(=O)NC3CCCC3)cc2N(CC(=O)Nc2ccc(Cl)cc2)C1=O. The molecule has 2 aromatic carbocycles. The summed E-state index contributed by atoms with van der Waals surface area (Å²) in [5, 5.41) is 6.38. The third kappa shape index (κ3) is 4.72. The van der Waals surface area contributed by atoms with Crippen LogP contribution in [0.3, 0.4) is 0 Å². The van der Waals surface area contributed by atoms with E-state index in [0.717, 1.165) is 25.7 Å². The second-order valence-electron chi connectivity index (χ2n) is 8.70. The van der Waals surface area contributed by atoms with E-state index in [1.54, 1.807) is 56.3 Å². The molecule has 1 saturated carbocycles. The number of amides is 3. The second-order valence-corrected chi connectivity index (χ2v) is 9.13. The van der Waals surface area contributed by atoms with Crippen LogP contribution in [0.25, 0.3) is 0 Å². The van der Waals surface area contributed by atoms with Crippen LogP contribution in [-0.4, -0.2) is 35.9 Å².